The molecule has 20 heavy (non-hydrogen) atoms. The van der Waals surface area contributed by atoms with Crippen molar-refractivity contribution in [2.75, 3.05) is 7.05 Å². The SMILES string of the molecule is CNC1=C(c2cccc(Cl)c2)C(=O)C(c2cccs2)O1. The molecule has 0 bridgehead atoms. The van der Waals surface area contributed by atoms with Gasteiger partial charge in [-0.2, -0.15) is 0 Å². The number of Topliss-reactive ketones (excluding diaryl/α,β-unsaturated/α-hetero) is 1. The summed E-state index contributed by atoms with van der Waals surface area (Å²) >= 11 is 7.52. The molecular formula is C15H12ClNO2S. The lowest BCUT2D eigenvalue weighted by Gasteiger charge is -2.08. The van der Waals surface area contributed by atoms with E-state index in [0.29, 0.717) is 16.5 Å². The lowest BCUT2D eigenvalue weighted by molar-refractivity contribution is -0.120. The number of ether oxygens (including phenoxy) is 1. The van der Waals surface area contributed by atoms with Crippen LogP contribution in [0, 0.1) is 0 Å². The Morgan fingerprint density at radius 2 is 2.15 bits per heavy atom. The van der Waals surface area contributed by atoms with Gasteiger partial charge in [-0.15, -0.1) is 11.3 Å². The molecule has 0 fully saturated rings. The average Bonchev–Trinajstić information content (AvgIpc) is 3.05. The zero-order valence-electron chi connectivity index (χ0n) is 10.7. The van der Waals surface area contributed by atoms with Crippen LogP contribution in [0.15, 0.2) is 47.7 Å². The Balaban J connectivity index is 2.02. The predicted octanol–water partition coefficient (Wildman–Crippen LogP) is 3.63. The van der Waals surface area contributed by atoms with Gasteiger partial charge in [0.25, 0.3) is 0 Å². The summed E-state index contributed by atoms with van der Waals surface area (Å²) in [6, 6.07) is 11.0. The second-order valence-corrected chi connectivity index (χ2v) is 5.76. The Hall–Kier alpha value is -1.78. The van der Waals surface area contributed by atoms with E-state index < -0.39 is 6.10 Å². The lowest BCUT2D eigenvalue weighted by atomic mass is 10.00. The van der Waals surface area contributed by atoms with Gasteiger partial charge >= 0.3 is 0 Å². The van der Waals surface area contributed by atoms with Crippen molar-refractivity contribution in [1.82, 2.24) is 5.32 Å². The largest absolute Gasteiger partial charge is 0.461 e. The highest BCUT2D eigenvalue weighted by atomic mass is 35.5. The average molecular weight is 306 g/mol. The number of nitrogens with one attached hydrogen (secondary N) is 1. The summed E-state index contributed by atoms with van der Waals surface area (Å²) in [5, 5.41) is 5.48. The third-order valence-corrected chi connectivity index (χ3v) is 4.24. The molecule has 3 rings (SSSR count). The van der Waals surface area contributed by atoms with Crippen LogP contribution in [0.1, 0.15) is 16.5 Å². The molecule has 1 atom stereocenters. The first-order valence-corrected chi connectivity index (χ1v) is 7.38. The molecule has 1 N–H and O–H groups in total. The zero-order valence-corrected chi connectivity index (χ0v) is 12.3. The summed E-state index contributed by atoms with van der Waals surface area (Å²) in [5.41, 5.74) is 1.32. The molecule has 2 aromatic rings. The van der Waals surface area contributed by atoms with Crippen LogP contribution in [-0.4, -0.2) is 12.8 Å². The zero-order chi connectivity index (χ0) is 14.1. The van der Waals surface area contributed by atoms with Gasteiger partial charge in [0.2, 0.25) is 5.78 Å². The summed E-state index contributed by atoms with van der Waals surface area (Å²) in [7, 11) is 1.74. The van der Waals surface area contributed by atoms with Gasteiger partial charge in [0.15, 0.2) is 12.0 Å². The van der Waals surface area contributed by atoms with Crippen molar-refractivity contribution in [3.63, 3.8) is 0 Å². The Bertz CT molecular complexity index is 679. The third-order valence-electron chi connectivity index (χ3n) is 3.09. The van der Waals surface area contributed by atoms with Crippen molar-refractivity contribution in [3.8, 4) is 0 Å². The molecule has 5 heteroatoms. The van der Waals surface area contributed by atoms with E-state index in [-0.39, 0.29) is 5.78 Å². The van der Waals surface area contributed by atoms with E-state index in [1.54, 1.807) is 19.2 Å². The Kier molecular flexibility index (Phi) is 3.51. The molecule has 0 amide bonds. The van der Waals surface area contributed by atoms with E-state index in [4.69, 9.17) is 16.3 Å². The monoisotopic (exact) mass is 305 g/mol. The maximum absolute atomic E-state index is 12.6. The third kappa shape index (κ3) is 2.21. The maximum Gasteiger partial charge on any atom is 0.214 e. The maximum atomic E-state index is 12.6. The highest BCUT2D eigenvalue weighted by Crippen LogP contribution is 2.38. The molecule has 1 aliphatic heterocycles. The van der Waals surface area contributed by atoms with E-state index in [9.17, 15) is 4.79 Å². The fourth-order valence-corrected chi connectivity index (χ4v) is 3.14. The van der Waals surface area contributed by atoms with Crippen LogP contribution in [0.2, 0.25) is 5.02 Å². The molecule has 3 nitrogen and oxygen atoms in total. The van der Waals surface area contributed by atoms with Gasteiger partial charge < -0.3 is 10.1 Å². The van der Waals surface area contributed by atoms with Gasteiger partial charge in [0, 0.05) is 12.1 Å². The van der Waals surface area contributed by atoms with Crippen LogP contribution >= 0.6 is 22.9 Å². The van der Waals surface area contributed by atoms with Gasteiger partial charge in [-0.3, -0.25) is 4.79 Å². The van der Waals surface area contributed by atoms with Gasteiger partial charge in [0.1, 0.15) is 0 Å². The quantitative estimate of drug-likeness (QED) is 0.941. The molecule has 1 unspecified atom stereocenters. The predicted molar refractivity (Wildman–Crippen MR) is 80.6 cm³/mol. The molecule has 1 aromatic heterocycles. The van der Waals surface area contributed by atoms with E-state index in [1.807, 2.05) is 29.6 Å². The minimum absolute atomic E-state index is 0.0425. The smallest absolute Gasteiger partial charge is 0.214 e. The van der Waals surface area contributed by atoms with Crippen molar-refractivity contribution >= 4 is 34.3 Å². The number of benzene rings is 1. The fraction of sp³-hybridized carbons (Fsp3) is 0.133. The second-order valence-electron chi connectivity index (χ2n) is 4.34. The van der Waals surface area contributed by atoms with E-state index in [2.05, 4.69) is 5.32 Å². The number of thiophene rings is 1. The molecule has 0 aliphatic carbocycles. The molecule has 0 spiro atoms. The molecule has 0 saturated heterocycles. The standard InChI is InChI=1S/C15H12ClNO2S/c1-17-15-12(9-4-2-5-10(16)8-9)13(18)14(19-15)11-6-3-7-20-11/h2-8,14,17H,1H3. The van der Waals surface area contributed by atoms with Crippen molar-refractivity contribution < 1.29 is 9.53 Å². The molecule has 0 radical (unpaired) electrons. The topological polar surface area (TPSA) is 38.3 Å². The molecule has 0 saturated carbocycles. The number of carbonyl (C=O) groups excluding carboxylic acids is 1. The fourth-order valence-electron chi connectivity index (χ4n) is 2.20. The van der Waals surface area contributed by atoms with E-state index in [1.165, 1.54) is 11.3 Å². The number of hydrogen-bond donors (Lipinski definition) is 1. The van der Waals surface area contributed by atoms with Crippen molar-refractivity contribution in [2.24, 2.45) is 0 Å². The summed E-state index contributed by atoms with van der Waals surface area (Å²) in [5.74, 6) is 0.453. The van der Waals surface area contributed by atoms with Gasteiger partial charge in [-0.05, 0) is 29.1 Å². The molecular weight excluding hydrogens is 294 g/mol. The highest BCUT2D eigenvalue weighted by Gasteiger charge is 2.37. The van der Waals surface area contributed by atoms with Gasteiger partial charge in [-0.1, -0.05) is 29.8 Å². The minimum Gasteiger partial charge on any atom is -0.461 e. The molecule has 1 aromatic carbocycles. The molecule has 1 aliphatic rings. The van der Waals surface area contributed by atoms with Crippen LogP contribution in [-0.2, 0) is 9.53 Å². The van der Waals surface area contributed by atoms with Crippen LogP contribution in [0.4, 0.5) is 0 Å². The van der Waals surface area contributed by atoms with Gasteiger partial charge in [-0.25, -0.2) is 0 Å². The second kappa shape index (κ2) is 5.31. The van der Waals surface area contributed by atoms with Crippen molar-refractivity contribution in [3.05, 3.63) is 63.1 Å². The highest BCUT2D eigenvalue weighted by molar-refractivity contribution is 7.10. The van der Waals surface area contributed by atoms with Crippen molar-refractivity contribution in [2.45, 2.75) is 6.10 Å². The van der Waals surface area contributed by atoms with Crippen molar-refractivity contribution in [1.29, 1.82) is 0 Å². The lowest BCUT2D eigenvalue weighted by Crippen LogP contribution is -2.08. The Labute approximate surface area is 125 Å². The number of ketones is 1. The summed E-state index contributed by atoms with van der Waals surface area (Å²) in [6.07, 6.45) is -0.563. The van der Waals surface area contributed by atoms with Crippen LogP contribution < -0.4 is 5.32 Å². The number of halogens is 1. The number of carbonyl (C=O) groups is 1. The normalized spacial score (nSPS) is 18.3. The molecule has 2 heterocycles. The Morgan fingerprint density at radius 1 is 1.30 bits per heavy atom. The minimum atomic E-state index is -0.563. The summed E-state index contributed by atoms with van der Waals surface area (Å²) in [6.45, 7) is 0. The van der Waals surface area contributed by atoms with E-state index >= 15 is 0 Å². The number of rotatable bonds is 3. The summed E-state index contributed by atoms with van der Waals surface area (Å²) in [4.78, 5) is 13.5. The Morgan fingerprint density at radius 3 is 2.80 bits per heavy atom. The first-order chi connectivity index (χ1) is 9.70. The molecule has 102 valence electrons. The first kappa shape index (κ1) is 13.2. The van der Waals surface area contributed by atoms with Crippen LogP contribution in [0.3, 0.4) is 0 Å². The first-order valence-electron chi connectivity index (χ1n) is 6.13. The van der Waals surface area contributed by atoms with Gasteiger partial charge in [0.05, 0.1) is 10.5 Å². The van der Waals surface area contributed by atoms with E-state index in [0.717, 1.165) is 10.4 Å². The number of hydrogen-bond acceptors (Lipinski definition) is 4. The van der Waals surface area contributed by atoms with Crippen LogP contribution in [0.25, 0.3) is 5.57 Å². The van der Waals surface area contributed by atoms with Crippen LogP contribution in [0.5, 0.6) is 0 Å². The summed E-state index contributed by atoms with van der Waals surface area (Å²) < 4.78 is 5.76.